The molecule has 3 nitrogen and oxygen atoms in total. The predicted octanol–water partition coefficient (Wildman–Crippen LogP) is 4.13. The molecular formula is C19H30ClNO2. The molecule has 0 radical (unpaired) electrons. The molecule has 0 amide bonds. The minimum Gasteiger partial charge on any atom is -0.461 e. The topological polar surface area (TPSA) is 52.3 Å². The van der Waals surface area contributed by atoms with E-state index in [1.165, 1.54) is 18.4 Å². The van der Waals surface area contributed by atoms with Crippen molar-refractivity contribution in [3.63, 3.8) is 0 Å². The number of carbonyl (C=O) groups is 1. The third kappa shape index (κ3) is 5.82. The van der Waals surface area contributed by atoms with Gasteiger partial charge in [0, 0.05) is 5.92 Å². The van der Waals surface area contributed by atoms with Crippen molar-refractivity contribution in [2.45, 2.75) is 64.5 Å². The van der Waals surface area contributed by atoms with Crippen molar-refractivity contribution in [3.8, 4) is 0 Å². The summed E-state index contributed by atoms with van der Waals surface area (Å²) in [5, 5.41) is 0. The number of halogens is 1. The lowest BCUT2D eigenvalue weighted by atomic mass is 9.78. The van der Waals surface area contributed by atoms with Crippen LogP contribution in [0.5, 0.6) is 0 Å². The summed E-state index contributed by atoms with van der Waals surface area (Å²) in [4.78, 5) is 12.0. The lowest BCUT2D eigenvalue weighted by Crippen LogP contribution is -2.37. The highest BCUT2D eigenvalue weighted by molar-refractivity contribution is 5.85. The number of hydrogen-bond donors (Lipinski definition) is 1. The second kappa shape index (κ2) is 9.94. The Bertz CT molecular complexity index is 466. The van der Waals surface area contributed by atoms with Crippen molar-refractivity contribution in [1.29, 1.82) is 0 Å². The number of ether oxygens (including phenoxy) is 1. The maximum absolute atomic E-state index is 12.0. The molecule has 0 bridgehead atoms. The van der Waals surface area contributed by atoms with E-state index < -0.39 is 6.04 Å². The fourth-order valence-electron chi connectivity index (χ4n) is 3.62. The van der Waals surface area contributed by atoms with Crippen LogP contribution in [0.1, 0.15) is 51.5 Å². The zero-order valence-corrected chi connectivity index (χ0v) is 15.1. The van der Waals surface area contributed by atoms with E-state index in [0.717, 1.165) is 25.7 Å². The molecular weight excluding hydrogens is 310 g/mol. The van der Waals surface area contributed by atoms with Crippen molar-refractivity contribution in [1.82, 2.24) is 0 Å². The molecule has 1 heterocycles. The summed E-state index contributed by atoms with van der Waals surface area (Å²) < 4.78 is 5.68. The van der Waals surface area contributed by atoms with Gasteiger partial charge in [0.05, 0.1) is 0 Å². The normalized spacial score (nSPS) is 28.7. The van der Waals surface area contributed by atoms with Gasteiger partial charge in [-0.05, 0) is 37.7 Å². The molecule has 130 valence electrons. The molecule has 0 aliphatic carbocycles. The highest BCUT2D eigenvalue weighted by atomic mass is 35.5. The molecule has 0 unspecified atom stereocenters. The molecule has 1 aliphatic rings. The van der Waals surface area contributed by atoms with Gasteiger partial charge in [-0.3, -0.25) is 4.79 Å². The summed E-state index contributed by atoms with van der Waals surface area (Å²) in [5.41, 5.74) is 7.24. The van der Waals surface area contributed by atoms with Crippen LogP contribution in [0.4, 0.5) is 0 Å². The maximum atomic E-state index is 12.0. The molecule has 2 N–H and O–H groups in total. The van der Waals surface area contributed by atoms with Crippen LogP contribution in [0.3, 0.4) is 0 Å². The molecule has 23 heavy (non-hydrogen) atoms. The Balaban J connectivity index is 0.00000264. The van der Waals surface area contributed by atoms with Crippen LogP contribution >= 0.6 is 12.4 Å². The fraction of sp³-hybridized carbons (Fsp3) is 0.632. The molecule has 1 fully saturated rings. The number of benzene rings is 1. The maximum Gasteiger partial charge on any atom is 0.323 e. The van der Waals surface area contributed by atoms with E-state index in [9.17, 15) is 4.79 Å². The van der Waals surface area contributed by atoms with Crippen molar-refractivity contribution >= 4 is 18.4 Å². The van der Waals surface area contributed by atoms with Gasteiger partial charge in [-0.2, -0.15) is 0 Å². The number of cyclic esters (lactones) is 1. The predicted molar refractivity (Wildman–Crippen MR) is 96.7 cm³/mol. The third-order valence-electron chi connectivity index (χ3n) is 4.88. The molecule has 1 saturated heterocycles. The second-order valence-electron chi connectivity index (χ2n) is 6.58. The van der Waals surface area contributed by atoms with Gasteiger partial charge in [-0.25, -0.2) is 0 Å². The van der Waals surface area contributed by atoms with Crippen LogP contribution in [0, 0.1) is 11.8 Å². The molecule has 0 spiro atoms. The fourth-order valence-corrected chi connectivity index (χ4v) is 3.62. The van der Waals surface area contributed by atoms with E-state index in [1.54, 1.807) is 0 Å². The van der Waals surface area contributed by atoms with Crippen LogP contribution < -0.4 is 5.73 Å². The molecule has 0 aromatic heterocycles. The first-order valence-corrected chi connectivity index (χ1v) is 8.61. The SMILES string of the molecule is CCC[C@H]1CCC[C@H](N)C(=O)O[C@@H](C)[C@@H]1Cc1ccccc1.Cl. The van der Waals surface area contributed by atoms with Crippen LogP contribution in [-0.2, 0) is 16.0 Å². The number of hydrogen-bond acceptors (Lipinski definition) is 3. The Hall–Kier alpha value is -1.06. The lowest BCUT2D eigenvalue weighted by molar-refractivity contribution is -0.153. The van der Waals surface area contributed by atoms with E-state index in [-0.39, 0.29) is 24.5 Å². The number of esters is 1. The minimum atomic E-state index is -0.458. The molecule has 1 aromatic rings. The van der Waals surface area contributed by atoms with E-state index in [2.05, 4.69) is 31.2 Å². The largest absolute Gasteiger partial charge is 0.461 e. The molecule has 4 atom stereocenters. The summed E-state index contributed by atoms with van der Waals surface area (Å²) >= 11 is 0. The Morgan fingerprint density at radius 1 is 1.22 bits per heavy atom. The zero-order valence-electron chi connectivity index (χ0n) is 14.2. The van der Waals surface area contributed by atoms with Crippen LogP contribution in [-0.4, -0.2) is 18.1 Å². The van der Waals surface area contributed by atoms with Gasteiger partial charge in [0.15, 0.2) is 0 Å². The lowest BCUT2D eigenvalue weighted by Gasteiger charge is -2.31. The molecule has 4 heteroatoms. The number of rotatable bonds is 4. The summed E-state index contributed by atoms with van der Waals surface area (Å²) in [6, 6.07) is 10.1. The first kappa shape index (κ1) is 20.0. The quantitative estimate of drug-likeness (QED) is 0.839. The Morgan fingerprint density at radius 3 is 2.57 bits per heavy atom. The third-order valence-corrected chi connectivity index (χ3v) is 4.88. The van der Waals surface area contributed by atoms with Crippen LogP contribution in [0.2, 0.25) is 0 Å². The highest BCUT2D eigenvalue weighted by Gasteiger charge is 2.32. The summed E-state index contributed by atoms with van der Waals surface area (Å²) in [5.74, 6) is 0.734. The number of nitrogens with two attached hydrogens (primary N) is 1. The summed E-state index contributed by atoms with van der Waals surface area (Å²) in [6.07, 6.45) is 6.14. The first-order chi connectivity index (χ1) is 10.6. The van der Waals surface area contributed by atoms with Crippen molar-refractivity contribution < 1.29 is 9.53 Å². The Morgan fingerprint density at radius 2 is 1.91 bits per heavy atom. The van der Waals surface area contributed by atoms with Gasteiger partial charge in [-0.15, -0.1) is 12.4 Å². The van der Waals surface area contributed by atoms with Crippen LogP contribution in [0.25, 0.3) is 0 Å². The molecule has 2 rings (SSSR count). The number of carbonyl (C=O) groups excluding carboxylic acids is 1. The molecule has 0 saturated carbocycles. The minimum absolute atomic E-state index is 0. The zero-order chi connectivity index (χ0) is 15.9. The van der Waals surface area contributed by atoms with E-state index in [0.29, 0.717) is 11.8 Å². The highest BCUT2D eigenvalue weighted by Crippen LogP contribution is 2.32. The summed E-state index contributed by atoms with van der Waals surface area (Å²) in [6.45, 7) is 4.26. The van der Waals surface area contributed by atoms with Crippen molar-refractivity contribution in [2.24, 2.45) is 17.6 Å². The molecule has 1 aromatic carbocycles. The average Bonchev–Trinajstić information content (AvgIpc) is 2.55. The van der Waals surface area contributed by atoms with Crippen LogP contribution in [0.15, 0.2) is 30.3 Å². The standard InChI is InChI=1S/C19H29NO2.ClH/c1-3-8-16-11-7-12-18(20)19(21)22-14(2)17(16)13-15-9-5-4-6-10-15;/h4-6,9-10,14,16-18H,3,7-8,11-13,20H2,1-2H3;1H/t14-,16-,17-,18-;/m0./s1. The van der Waals surface area contributed by atoms with Crippen molar-refractivity contribution in [3.05, 3.63) is 35.9 Å². The summed E-state index contributed by atoms with van der Waals surface area (Å²) in [7, 11) is 0. The smallest absolute Gasteiger partial charge is 0.323 e. The van der Waals surface area contributed by atoms with Gasteiger partial charge in [0.1, 0.15) is 12.1 Å². The van der Waals surface area contributed by atoms with Gasteiger partial charge in [0.2, 0.25) is 0 Å². The Kier molecular flexibility index (Phi) is 8.64. The average molecular weight is 340 g/mol. The monoisotopic (exact) mass is 339 g/mol. The van der Waals surface area contributed by atoms with Crippen molar-refractivity contribution in [2.75, 3.05) is 0 Å². The first-order valence-electron chi connectivity index (χ1n) is 8.61. The second-order valence-corrected chi connectivity index (χ2v) is 6.58. The van der Waals surface area contributed by atoms with Gasteiger partial charge in [-0.1, -0.05) is 56.5 Å². The van der Waals surface area contributed by atoms with E-state index in [1.807, 2.05) is 13.0 Å². The van der Waals surface area contributed by atoms with E-state index in [4.69, 9.17) is 10.5 Å². The Labute approximate surface area is 146 Å². The van der Waals surface area contributed by atoms with Gasteiger partial charge in [0.25, 0.3) is 0 Å². The van der Waals surface area contributed by atoms with E-state index >= 15 is 0 Å². The molecule has 1 aliphatic heterocycles. The van der Waals surface area contributed by atoms with Gasteiger partial charge >= 0.3 is 5.97 Å². The van der Waals surface area contributed by atoms with Gasteiger partial charge < -0.3 is 10.5 Å².